The molecule has 7 N–H and O–H groups in total. The summed E-state index contributed by atoms with van der Waals surface area (Å²) in [5, 5.41) is 39.3. The first-order valence-electron chi connectivity index (χ1n) is 16.1. The summed E-state index contributed by atoms with van der Waals surface area (Å²) in [7, 11) is 0. The number of fused-ring (bicyclic) bond motifs is 1. The normalized spacial score (nSPS) is 15.3. The second-order valence-electron chi connectivity index (χ2n) is 12.6. The van der Waals surface area contributed by atoms with Gasteiger partial charge in [0.05, 0.1) is 19.3 Å². The summed E-state index contributed by atoms with van der Waals surface area (Å²) in [4.78, 5) is 42.2. The van der Waals surface area contributed by atoms with Gasteiger partial charge in [-0.05, 0) is 65.6 Å². The lowest BCUT2D eigenvalue weighted by molar-refractivity contribution is -0.137. The first-order chi connectivity index (χ1) is 23.0. The van der Waals surface area contributed by atoms with E-state index in [1.807, 2.05) is 68.6 Å². The number of nitrogens with zero attached hydrogens (tertiary/aromatic N) is 1. The van der Waals surface area contributed by atoms with Crippen LogP contribution < -0.4 is 21.3 Å². The average molecular weight is 678 g/mol. The molecule has 4 amide bonds. The molecule has 12 heteroatoms. The van der Waals surface area contributed by atoms with E-state index in [1.165, 1.54) is 0 Å². The Bertz CT molecular complexity index is 1550. The van der Waals surface area contributed by atoms with E-state index in [1.54, 1.807) is 16.7 Å². The molecule has 0 aliphatic carbocycles. The minimum atomic E-state index is -0.927. The van der Waals surface area contributed by atoms with Gasteiger partial charge < -0.3 is 41.5 Å². The van der Waals surface area contributed by atoms with Crippen LogP contribution in [0.1, 0.15) is 42.5 Å². The highest BCUT2D eigenvalue weighted by molar-refractivity contribution is 7.98. The Hall–Kier alpha value is -3.94. The average Bonchev–Trinajstić information content (AvgIpc) is 3.20. The highest BCUT2D eigenvalue weighted by Gasteiger charge is 2.32. The summed E-state index contributed by atoms with van der Waals surface area (Å²) in [6.45, 7) is 4.58. The number of hydrogen-bond donors (Lipinski definition) is 7. The van der Waals surface area contributed by atoms with Crippen LogP contribution in [-0.2, 0) is 35.6 Å². The summed E-state index contributed by atoms with van der Waals surface area (Å²) in [5.41, 5.74) is 5.22. The number of benzene rings is 3. The molecule has 1 aliphatic heterocycles. The van der Waals surface area contributed by atoms with Gasteiger partial charge in [-0.2, -0.15) is 0 Å². The van der Waals surface area contributed by atoms with E-state index in [-0.39, 0.29) is 50.6 Å². The van der Waals surface area contributed by atoms with Crippen molar-refractivity contribution in [2.75, 3.05) is 32.6 Å². The van der Waals surface area contributed by atoms with E-state index in [4.69, 9.17) is 10.2 Å². The zero-order valence-corrected chi connectivity index (χ0v) is 28.6. The Morgan fingerprint density at radius 3 is 2.48 bits per heavy atom. The molecule has 0 radical (unpaired) electrons. The molecule has 3 aromatic carbocycles. The highest BCUT2D eigenvalue weighted by Crippen LogP contribution is 2.28. The lowest BCUT2D eigenvalue weighted by atomic mass is 9.98. The number of hydrogen-bond acceptors (Lipinski definition) is 8. The van der Waals surface area contributed by atoms with Crippen molar-refractivity contribution >= 4 is 29.6 Å². The van der Waals surface area contributed by atoms with Crippen LogP contribution in [-0.4, -0.2) is 88.3 Å². The number of amides is 4. The number of β-amino-alcohol motifs (C(OH)–C–C–N with tert-alkyl or cyclic N) is 1. The maximum absolute atomic E-state index is 14.0. The number of thioether (sulfide) groups is 1. The van der Waals surface area contributed by atoms with Crippen molar-refractivity contribution < 1.29 is 29.7 Å². The fourth-order valence-electron chi connectivity index (χ4n) is 5.67. The standard InChI is InChI=1S/C36H47N5O6S/c1-36(2,39-20-29(44)23-43)18-33(45)40-32-17-28-16-30(48-3)13-12-27(28)22-41(34(32)46)21-24-8-10-25(11-9-24)31-7-5-4-6-26(31)19-38-35(47)37-14-15-42/h4-13,16,29,32,39,42-44H,14-15,17-23H2,1-3H3,(H,40,45)(H2,37,38,47)/t29-,32+/m0/s1. The van der Waals surface area contributed by atoms with Crippen LogP contribution in [0.2, 0.25) is 0 Å². The van der Waals surface area contributed by atoms with Crippen LogP contribution in [0.4, 0.5) is 4.79 Å². The first-order valence-corrected chi connectivity index (χ1v) is 17.3. The summed E-state index contributed by atoms with van der Waals surface area (Å²) in [6, 6.07) is 20.9. The van der Waals surface area contributed by atoms with Gasteiger partial charge in [0.15, 0.2) is 0 Å². The summed E-state index contributed by atoms with van der Waals surface area (Å²) >= 11 is 1.63. The summed E-state index contributed by atoms with van der Waals surface area (Å²) in [6.07, 6.45) is 1.54. The summed E-state index contributed by atoms with van der Waals surface area (Å²) in [5.74, 6) is -0.441. The predicted molar refractivity (Wildman–Crippen MR) is 187 cm³/mol. The van der Waals surface area contributed by atoms with E-state index in [0.29, 0.717) is 26.1 Å². The third-order valence-electron chi connectivity index (χ3n) is 8.27. The molecule has 0 fully saturated rings. The largest absolute Gasteiger partial charge is 0.395 e. The Balaban J connectivity index is 1.50. The van der Waals surface area contributed by atoms with Crippen molar-refractivity contribution in [3.8, 4) is 11.1 Å². The lowest BCUT2D eigenvalue weighted by Crippen LogP contribution is -2.51. The molecule has 3 aromatic rings. The maximum atomic E-state index is 14.0. The van der Waals surface area contributed by atoms with Gasteiger partial charge in [0.25, 0.3) is 0 Å². The first kappa shape index (κ1) is 36.9. The van der Waals surface area contributed by atoms with Gasteiger partial charge in [-0.15, -0.1) is 11.8 Å². The van der Waals surface area contributed by atoms with Crippen molar-refractivity contribution in [1.29, 1.82) is 0 Å². The van der Waals surface area contributed by atoms with Gasteiger partial charge in [0, 0.05) is 56.0 Å². The van der Waals surface area contributed by atoms with E-state index in [2.05, 4.69) is 39.5 Å². The Labute approximate surface area is 286 Å². The highest BCUT2D eigenvalue weighted by atomic mass is 32.2. The quantitative estimate of drug-likeness (QED) is 0.121. The molecule has 1 aliphatic rings. The molecule has 2 atom stereocenters. The van der Waals surface area contributed by atoms with Crippen molar-refractivity contribution in [1.82, 2.24) is 26.2 Å². The zero-order chi connectivity index (χ0) is 34.7. The smallest absolute Gasteiger partial charge is 0.315 e. The SMILES string of the molecule is CSc1ccc2c(c1)C[C@@H](NC(=O)CC(C)(C)NC[C@H](O)CO)C(=O)N(Cc1ccc(-c3ccccc3CNC(=O)NCCO)cc1)C2. The molecule has 0 bridgehead atoms. The number of aliphatic hydroxyl groups is 3. The van der Waals surface area contributed by atoms with Gasteiger partial charge in [-0.25, -0.2) is 4.79 Å². The van der Waals surface area contributed by atoms with Crippen molar-refractivity contribution in [3.05, 3.63) is 89.0 Å². The fourth-order valence-corrected chi connectivity index (χ4v) is 6.14. The molecule has 48 heavy (non-hydrogen) atoms. The van der Waals surface area contributed by atoms with Crippen molar-refractivity contribution in [2.24, 2.45) is 0 Å². The topological polar surface area (TPSA) is 163 Å². The number of nitrogens with one attached hydrogen (secondary N) is 4. The van der Waals surface area contributed by atoms with E-state index in [9.17, 15) is 19.5 Å². The van der Waals surface area contributed by atoms with Crippen molar-refractivity contribution in [2.45, 2.75) is 68.9 Å². The van der Waals surface area contributed by atoms with Crippen LogP contribution in [0.3, 0.4) is 0 Å². The summed E-state index contributed by atoms with van der Waals surface area (Å²) < 4.78 is 0. The molecule has 4 rings (SSSR count). The van der Waals surface area contributed by atoms with Gasteiger partial charge in [0.2, 0.25) is 11.8 Å². The number of carbonyl (C=O) groups excluding carboxylic acids is 3. The molecule has 0 unspecified atom stereocenters. The van der Waals surface area contributed by atoms with E-state index in [0.717, 1.165) is 38.3 Å². The number of urea groups is 1. The minimum absolute atomic E-state index is 0.0818. The third kappa shape index (κ3) is 10.5. The van der Waals surface area contributed by atoms with Crippen LogP contribution in [0, 0.1) is 0 Å². The van der Waals surface area contributed by atoms with Crippen LogP contribution >= 0.6 is 11.8 Å². The molecule has 0 saturated heterocycles. The number of rotatable bonds is 15. The number of carbonyl (C=O) groups is 3. The fraction of sp³-hybridized carbons (Fsp3) is 0.417. The monoisotopic (exact) mass is 677 g/mol. The van der Waals surface area contributed by atoms with Gasteiger partial charge in [0.1, 0.15) is 6.04 Å². The van der Waals surface area contributed by atoms with E-state index >= 15 is 0 Å². The molecule has 0 spiro atoms. The Morgan fingerprint density at radius 1 is 1.02 bits per heavy atom. The molecule has 258 valence electrons. The van der Waals surface area contributed by atoms with Crippen LogP contribution in [0.15, 0.2) is 71.6 Å². The van der Waals surface area contributed by atoms with Crippen molar-refractivity contribution in [3.63, 3.8) is 0 Å². The van der Waals surface area contributed by atoms with Gasteiger partial charge in [-0.3, -0.25) is 9.59 Å². The molecule has 0 aromatic heterocycles. The van der Waals surface area contributed by atoms with Crippen LogP contribution in [0.25, 0.3) is 11.1 Å². The second-order valence-corrected chi connectivity index (χ2v) is 13.5. The van der Waals surface area contributed by atoms with Crippen LogP contribution in [0.5, 0.6) is 0 Å². The molecule has 11 nitrogen and oxygen atoms in total. The third-order valence-corrected chi connectivity index (χ3v) is 8.99. The minimum Gasteiger partial charge on any atom is -0.395 e. The lowest BCUT2D eigenvalue weighted by Gasteiger charge is -2.29. The van der Waals surface area contributed by atoms with Gasteiger partial charge >= 0.3 is 6.03 Å². The van der Waals surface area contributed by atoms with E-state index < -0.39 is 17.7 Å². The Morgan fingerprint density at radius 2 is 1.77 bits per heavy atom. The molecule has 1 heterocycles. The molecular weight excluding hydrogens is 630 g/mol. The zero-order valence-electron chi connectivity index (χ0n) is 27.8. The Kier molecular flexibility index (Phi) is 13.4. The molecule has 0 saturated carbocycles. The second kappa shape index (κ2) is 17.5. The molecular formula is C36H47N5O6S. The maximum Gasteiger partial charge on any atom is 0.315 e. The number of aliphatic hydroxyl groups excluding tert-OH is 3. The van der Waals surface area contributed by atoms with Gasteiger partial charge in [-0.1, -0.05) is 54.6 Å². The predicted octanol–water partition coefficient (Wildman–Crippen LogP) is 2.55.